The molecule has 1 aliphatic rings. The maximum absolute atomic E-state index is 6.87. The first-order chi connectivity index (χ1) is 23.1. The Kier molecular flexibility index (Phi) is 5.37. The van der Waals surface area contributed by atoms with E-state index in [2.05, 4.69) is 170 Å². The van der Waals surface area contributed by atoms with Gasteiger partial charge in [-0.1, -0.05) is 135 Å². The minimum atomic E-state index is -0.0583. The van der Waals surface area contributed by atoms with E-state index in [9.17, 15) is 0 Å². The van der Waals surface area contributed by atoms with Gasteiger partial charge in [0.25, 0.3) is 0 Å². The van der Waals surface area contributed by atoms with E-state index in [-0.39, 0.29) is 5.41 Å². The number of fused-ring (bicyclic) bond motifs is 10. The number of hydrogen-bond acceptors (Lipinski definition) is 1. The number of benzene rings is 7. The van der Waals surface area contributed by atoms with Crippen LogP contribution in [0, 0.1) is 0 Å². The maximum atomic E-state index is 6.87. The van der Waals surface area contributed by atoms with E-state index in [4.69, 9.17) is 4.42 Å². The summed E-state index contributed by atoms with van der Waals surface area (Å²) in [4.78, 5) is 0. The van der Waals surface area contributed by atoms with Gasteiger partial charge in [-0.25, -0.2) is 0 Å². The first-order valence-electron chi connectivity index (χ1n) is 16.4. The first kappa shape index (κ1) is 26.4. The molecule has 47 heavy (non-hydrogen) atoms. The highest BCUT2D eigenvalue weighted by molar-refractivity contribution is 6.15. The Hall–Kier alpha value is -5.86. The first-order valence-corrected chi connectivity index (χ1v) is 16.4. The highest BCUT2D eigenvalue weighted by Crippen LogP contribution is 2.53. The smallest absolute Gasteiger partial charge is 0.143 e. The fourth-order valence-corrected chi connectivity index (χ4v) is 8.12. The van der Waals surface area contributed by atoms with Crippen LogP contribution in [0.4, 0.5) is 0 Å². The Morgan fingerprint density at radius 1 is 0.447 bits per heavy atom. The molecule has 0 radical (unpaired) electrons. The van der Waals surface area contributed by atoms with E-state index in [0.29, 0.717) is 0 Å². The molecule has 2 nitrogen and oxygen atoms in total. The average Bonchev–Trinajstić information content (AvgIpc) is 3.74. The van der Waals surface area contributed by atoms with Crippen molar-refractivity contribution in [1.82, 2.24) is 4.57 Å². The number of aromatic nitrogens is 1. The van der Waals surface area contributed by atoms with Crippen molar-refractivity contribution in [3.8, 4) is 39.1 Å². The molecule has 0 spiro atoms. The van der Waals surface area contributed by atoms with Crippen LogP contribution in [0.3, 0.4) is 0 Å². The zero-order chi connectivity index (χ0) is 31.3. The fourth-order valence-electron chi connectivity index (χ4n) is 8.12. The van der Waals surface area contributed by atoms with E-state index in [1.807, 2.05) is 0 Å². The molecule has 0 atom stereocenters. The van der Waals surface area contributed by atoms with Gasteiger partial charge in [-0.05, 0) is 63.7 Å². The van der Waals surface area contributed by atoms with E-state index in [1.165, 1.54) is 66.3 Å². The maximum Gasteiger partial charge on any atom is 0.143 e. The highest BCUT2D eigenvalue weighted by Gasteiger charge is 2.37. The molecule has 7 aromatic carbocycles. The second kappa shape index (κ2) is 9.57. The molecule has 0 amide bonds. The largest absolute Gasteiger partial charge is 0.455 e. The lowest BCUT2D eigenvalue weighted by Gasteiger charge is -2.21. The molecule has 0 bridgehead atoms. The van der Waals surface area contributed by atoms with Gasteiger partial charge < -0.3 is 8.98 Å². The van der Waals surface area contributed by atoms with Crippen LogP contribution in [-0.4, -0.2) is 4.57 Å². The summed E-state index contributed by atoms with van der Waals surface area (Å²) in [5.74, 6) is 0. The minimum Gasteiger partial charge on any atom is -0.455 e. The zero-order valence-electron chi connectivity index (χ0n) is 26.3. The van der Waals surface area contributed by atoms with Crippen molar-refractivity contribution in [2.75, 3.05) is 0 Å². The predicted octanol–water partition coefficient (Wildman–Crippen LogP) is 12.3. The number of rotatable bonds is 3. The Labute approximate surface area is 273 Å². The molecule has 0 aliphatic heterocycles. The van der Waals surface area contributed by atoms with Gasteiger partial charge in [0.05, 0.1) is 11.0 Å². The van der Waals surface area contributed by atoms with Gasteiger partial charge in [-0.3, -0.25) is 0 Å². The van der Waals surface area contributed by atoms with Crippen molar-refractivity contribution in [1.29, 1.82) is 0 Å². The quantitative estimate of drug-likeness (QED) is 0.197. The summed E-state index contributed by atoms with van der Waals surface area (Å²) in [6, 6.07) is 55.0. The van der Waals surface area contributed by atoms with Gasteiger partial charge >= 0.3 is 0 Å². The Morgan fingerprint density at radius 3 is 1.98 bits per heavy atom. The second-order valence-corrected chi connectivity index (χ2v) is 13.3. The Bertz CT molecular complexity index is 2690. The topological polar surface area (TPSA) is 18.1 Å². The van der Waals surface area contributed by atoms with Crippen molar-refractivity contribution in [2.45, 2.75) is 19.3 Å². The van der Waals surface area contributed by atoms with Crippen LogP contribution < -0.4 is 0 Å². The van der Waals surface area contributed by atoms with Crippen molar-refractivity contribution in [3.63, 3.8) is 0 Å². The van der Waals surface area contributed by atoms with Crippen molar-refractivity contribution in [3.05, 3.63) is 163 Å². The summed E-state index contributed by atoms with van der Waals surface area (Å²) < 4.78 is 9.23. The third-order valence-electron chi connectivity index (χ3n) is 10.4. The summed E-state index contributed by atoms with van der Waals surface area (Å²) in [5.41, 5.74) is 15.4. The van der Waals surface area contributed by atoms with Crippen LogP contribution >= 0.6 is 0 Å². The van der Waals surface area contributed by atoms with Crippen LogP contribution in [0.1, 0.15) is 25.0 Å². The SMILES string of the molecule is CC1(C)c2ccccc2-c2c1ccc1c2oc2c(-c3ccc(-c4ccc5c(c4)c4ccccc4n5-c4ccccc4)cc3)cccc21. The van der Waals surface area contributed by atoms with Crippen LogP contribution in [0.25, 0.3) is 82.8 Å². The molecule has 2 heteroatoms. The summed E-state index contributed by atoms with van der Waals surface area (Å²) in [6.45, 7) is 4.64. The lowest BCUT2D eigenvalue weighted by atomic mass is 9.82. The molecule has 222 valence electrons. The zero-order valence-corrected chi connectivity index (χ0v) is 26.3. The molecule has 0 fully saturated rings. The van der Waals surface area contributed by atoms with Crippen molar-refractivity contribution < 1.29 is 4.42 Å². The molecule has 2 heterocycles. The molecule has 0 N–H and O–H groups in total. The van der Waals surface area contributed by atoms with Gasteiger partial charge in [0, 0.05) is 43.8 Å². The summed E-state index contributed by atoms with van der Waals surface area (Å²) in [6.07, 6.45) is 0. The standard InChI is InChI=1S/C45H31NO/c1-45(2)38-17-8-6-14-36(38)42-39(45)25-24-35-34-16-10-15-32(43(34)47-44(35)42)29-21-19-28(20-22-29)30-23-26-41-37(27-30)33-13-7-9-18-40(33)46(41)31-11-4-3-5-12-31/h3-27H,1-2H3. The summed E-state index contributed by atoms with van der Waals surface area (Å²) in [7, 11) is 0. The lowest BCUT2D eigenvalue weighted by molar-refractivity contribution is 0.653. The van der Waals surface area contributed by atoms with E-state index < -0.39 is 0 Å². The molecule has 9 aromatic rings. The molecule has 0 saturated carbocycles. The normalized spacial score (nSPS) is 13.5. The number of nitrogens with zero attached hydrogens (tertiary/aromatic N) is 1. The van der Waals surface area contributed by atoms with Gasteiger partial charge in [0.2, 0.25) is 0 Å². The molecular weight excluding hydrogens is 571 g/mol. The molecule has 2 aromatic heterocycles. The van der Waals surface area contributed by atoms with E-state index in [0.717, 1.165) is 27.7 Å². The molecule has 0 unspecified atom stereocenters. The predicted molar refractivity (Wildman–Crippen MR) is 196 cm³/mol. The number of furan rings is 1. The Balaban J connectivity index is 1.09. The molecule has 1 aliphatic carbocycles. The summed E-state index contributed by atoms with van der Waals surface area (Å²) in [5, 5.41) is 4.86. The van der Waals surface area contributed by atoms with Crippen molar-refractivity contribution in [2.24, 2.45) is 0 Å². The minimum absolute atomic E-state index is 0.0583. The average molecular weight is 602 g/mol. The van der Waals surface area contributed by atoms with Gasteiger partial charge in [-0.15, -0.1) is 0 Å². The van der Waals surface area contributed by atoms with Crippen LogP contribution in [0.2, 0.25) is 0 Å². The Morgan fingerprint density at radius 2 is 1.11 bits per heavy atom. The molecule has 0 saturated heterocycles. The van der Waals surface area contributed by atoms with Gasteiger partial charge in [0.1, 0.15) is 11.2 Å². The third-order valence-corrected chi connectivity index (χ3v) is 10.4. The van der Waals surface area contributed by atoms with Crippen molar-refractivity contribution >= 4 is 43.7 Å². The molecular formula is C45H31NO. The van der Waals surface area contributed by atoms with Gasteiger partial charge in [-0.2, -0.15) is 0 Å². The highest BCUT2D eigenvalue weighted by atomic mass is 16.3. The fraction of sp³-hybridized carbons (Fsp3) is 0.0667. The molecule has 10 rings (SSSR count). The number of para-hydroxylation sites is 3. The van der Waals surface area contributed by atoms with E-state index >= 15 is 0 Å². The number of hydrogen-bond donors (Lipinski definition) is 0. The van der Waals surface area contributed by atoms with Crippen LogP contribution in [0.15, 0.2) is 156 Å². The monoisotopic (exact) mass is 601 g/mol. The lowest BCUT2D eigenvalue weighted by Crippen LogP contribution is -2.14. The van der Waals surface area contributed by atoms with Gasteiger partial charge in [0.15, 0.2) is 0 Å². The summed E-state index contributed by atoms with van der Waals surface area (Å²) >= 11 is 0. The van der Waals surface area contributed by atoms with E-state index in [1.54, 1.807) is 0 Å². The van der Waals surface area contributed by atoms with Crippen LogP contribution in [0.5, 0.6) is 0 Å². The third kappa shape index (κ3) is 3.67. The second-order valence-electron chi connectivity index (χ2n) is 13.3. The van der Waals surface area contributed by atoms with Crippen LogP contribution in [-0.2, 0) is 5.41 Å².